The Bertz CT molecular complexity index is 354. The van der Waals surface area contributed by atoms with Crippen molar-refractivity contribution >= 4 is 16.6 Å². The summed E-state index contributed by atoms with van der Waals surface area (Å²) in [5.74, 6) is 0.735. The van der Waals surface area contributed by atoms with Gasteiger partial charge in [-0.05, 0) is 32.4 Å². The molecule has 0 aromatic heterocycles. The largest absolute Gasteiger partial charge is 0.300 e. The summed E-state index contributed by atoms with van der Waals surface area (Å²) in [6, 6.07) is 7.69. The first-order valence-corrected chi connectivity index (χ1v) is 6.36. The first-order valence-electron chi connectivity index (χ1n) is 5.04. The van der Waals surface area contributed by atoms with Crippen LogP contribution in [0.15, 0.2) is 29.2 Å². The van der Waals surface area contributed by atoms with Crippen LogP contribution in [0.2, 0.25) is 0 Å². The van der Waals surface area contributed by atoms with Crippen molar-refractivity contribution in [3.63, 3.8) is 0 Å². The molecule has 1 aromatic rings. The van der Waals surface area contributed by atoms with Crippen LogP contribution < -0.4 is 0 Å². The highest BCUT2D eigenvalue weighted by Gasteiger charge is 2.03. The smallest absolute Gasteiger partial charge is 0.129 e. The number of Topliss-reactive ketones (excluding diaryl/α,β-unsaturated/α-hetero) is 1. The molecule has 0 radical (unpaired) electrons. The first kappa shape index (κ1) is 12.1. The van der Waals surface area contributed by atoms with E-state index in [1.54, 1.807) is 6.92 Å². The fourth-order valence-corrected chi connectivity index (χ4v) is 2.34. The van der Waals surface area contributed by atoms with E-state index in [1.165, 1.54) is 5.56 Å². The van der Waals surface area contributed by atoms with Gasteiger partial charge in [-0.15, -0.1) is 0 Å². The molecule has 0 N–H and O–H groups in total. The summed E-state index contributed by atoms with van der Waals surface area (Å²) in [7, 11) is -0.960. The van der Waals surface area contributed by atoms with E-state index in [1.807, 2.05) is 31.2 Å². The molecule has 2 nitrogen and oxygen atoms in total. The molecule has 82 valence electrons. The average molecular weight is 224 g/mol. The highest BCUT2D eigenvalue weighted by molar-refractivity contribution is 7.85. The molecule has 0 saturated heterocycles. The SMILES string of the molecule is CC(=O)CCCS(=O)c1ccc(C)cc1. The van der Waals surface area contributed by atoms with Crippen LogP contribution in [0.5, 0.6) is 0 Å². The molecule has 0 spiro atoms. The molecule has 0 saturated carbocycles. The number of aryl methyl sites for hydroxylation is 1. The standard InChI is InChI=1S/C12H16O2S/c1-10-5-7-12(8-6-10)15(14)9-3-4-11(2)13/h5-8H,3-4,9H2,1-2H3. The van der Waals surface area contributed by atoms with Crippen LogP contribution in [0.4, 0.5) is 0 Å². The lowest BCUT2D eigenvalue weighted by Crippen LogP contribution is -2.00. The summed E-state index contributed by atoms with van der Waals surface area (Å²) in [5.41, 5.74) is 1.17. The summed E-state index contributed by atoms with van der Waals surface area (Å²) >= 11 is 0. The van der Waals surface area contributed by atoms with Crippen molar-refractivity contribution in [3.8, 4) is 0 Å². The van der Waals surface area contributed by atoms with Crippen molar-refractivity contribution in [3.05, 3.63) is 29.8 Å². The molecule has 0 amide bonds. The minimum atomic E-state index is -0.960. The molecule has 0 aliphatic heterocycles. The van der Waals surface area contributed by atoms with Crippen LogP contribution in [0.1, 0.15) is 25.3 Å². The molecule has 1 unspecified atom stereocenters. The maximum absolute atomic E-state index is 11.7. The molecule has 1 rings (SSSR count). The van der Waals surface area contributed by atoms with Crippen molar-refractivity contribution in [1.82, 2.24) is 0 Å². The first-order chi connectivity index (χ1) is 7.09. The van der Waals surface area contributed by atoms with Crippen LogP contribution in [-0.4, -0.2) is 15.7 Å². The normalized spacial score (nSPS) is 12.4. The van der Waals surface area contributed by atoms with Crippen molar-refractivity contribution in [2.24, 2.45) is 0 Å². The van der Waals surface area contributed by atoms with Crippen LogP contribution in [-0.2, 0) is 15.6 Å². The van der Waals surface area contributed by atoms with E-state index in [2.05, 4.69) is 0 Å². The predicted molar refractivity (Wildman–Crippen MR) is 62.4 cm³/mol. The summed E-state index contributed by atoms with van der Waals surface area (Å²) in [6.07, 6.45) is 1.23. The van der Waals surface area contributed by atoms with E-state index < -0.39 is 10.8 Å². The topological polar surface area (TPSA) is 34.1 Å². The van der Waals surface area contributed by atoms with Crippen molar-refractivity contribution in [2.45, 2.75) is 31.6 Å². The summed E-state index contributed by atoms with van der Waals surface area (Å²) in [6.45, 7) is 3.57. The van der Waals surface area contributed by atoms with Gasteiger partial charge in [-0.1, -0.05) is 17.7 Å². The average Bonchev–Trinajstić information content (AvgIpc) is 2.18. The fraction of sp³-hybridized carbons (Fsp3) is 0.417. The van der Waals surface area contributed by atoms with Gasteiger partial charge in [0.25, 0.3) is 0 Å². The highest BCUT2D eigenvalue weighted by atomic mass is 32.2. The van der Waals surface area contributed by atoms with E-state index in [9.17, 15) is 9.00 Å². The van der Waals surface area contributed by atoms with Gasteiger partial charge >= 0.3 is 0 Å². The minimum absolute atomic E-state index is 0.163. The maximum Gasteiger partial charge on any atom is 0.129 e. The van der Waals surface area contributed by atoms with Gasteiger partial charge in [0.15, 0.2) is 0 Å². The van der Waals surface area contributed by atoms with Gasteiger partial charge in [0.1, 0.15) is 5.78 Å². The zero-order valence-corrected chi connectivity index (χ0v) is 9.97. The second-order valence-electron chi connectivity index (χ2n) is 3.67. The third kappa shape index (κ3) is 4.38. The zero-order valence-electron chi connectivity index (χ0n) is 9.16. The van der Waals surface area contributed by atoms with Crippen LogP contribution >= 0.6 is 0 Å². The van der Waals surface area contributed by atoms with Gasteiger partial charge in [0.05, 0.1) is 10.8 Å². The van der Waals surface area contributed by atoms with Gasteiger partial charge in [0.2, 0.25) is 0 Å². The van der Waals surface area contributed by atoms with E-state index in [0.29, 0.717) is 18.6 Å². The fourth-order valence-electron chi connectivity index (χ4n) is 1.26. The van der Waals surface area contributed by atoms with Crippen LogP contribution in [0.3, 0.4) is 0 Å². The number of carbonyl (C=O) groups is 1. The Morgan fingerprint density at radius 2 is 1.87 bits per heavy atom. The number of ketones is 1. The van der Waals surface area contributed by atoms with E-state index in [0.717, 1.165) is 4.90 Å². The third-order valence-electron chi connectivity index (χ3n) is 2.14. The van der Waals surface area contributed by atoms with E-state index in [-0.39, 0.29) is 5.78 Å². The lowest BCUT2D eigenvalue weighted by atomic mass is 10.2. The minimum Gasteiger partial charge on any atom is -0.300 e. The zero-order chi connectivity index (χ0) is 11.3. The molecule has 15 heavy (non-hydrogen) atoms. The Morgan fingerprint density at radius 1 is 1.27 bits per heavy atom. The van der Waals surface area contributed by atoms with Crippen LogP contribution in [0, 0.1) is 6.92 Å². The van der Waals surface area contributed by atoms with Gasteiger partial charge < -0.3 is 4.79 Å². The van der Waals surface area contributed by atoms with Gasteiger partial charge in [-0.25, -0.2) is 0 Å². The number of benzene rings is 1. The molecule has 0 bridgehead atoms. The molecule has 0 heterocycles. The summed E-state index contributed by atoms with van der Waals surface area (Å²) < 4.78 is 11.7. The van der Waals surface area contributed by atoms with Gasteiger partial charge in [-0.2, -0.15) is 0 Å². The third-order valence-corrected chi connectivity index (χ3v) is 3.60. The number of rotatable bonds is 5. The predicted octanol–water partition coefficient (Wildman–Crippen LogP) is 2.47. The Morgan fingerprint density at radius 3 is 2.40 bits per heavy atom. The summed E-state index contributed by atoms with van der Waals surface area (Å²) in [4.78, 5) is 11.6. The van der Waals surface area contributed by atoms with Crippen molar-refractivity contribution in [1.29, 1.82) is 0 Å². The lowest BCUT2D eigenvalue weighted by Gasteiger charge is -2.01. The lowest BCUT2D eigenvalue weighted by molar-refractivity contribution is -0.117. The monoisotopic (exact) mass is 224 g/mol. The summed E-state index contributed by atoms with van der Waals surface area (Å²) in [5, 5.41) is 0. The molecule has 3 heteroatoms. The second-order valence-corrected chi connectivity index (χ2v) is 5.24. The van der Waals surface area contributed by atoms with Crippen molar-refractivity contribution in [2.75, 3.05) is 5.75 Å². The Balaban J connectivity index is 2.47. The number of hydrogen-bond acceptors (Lipinski definition) is 2. The molecule has 1 aromatic carbocycles. The van der Waals surface area contributed by atoms with Crippen molar-refractivity contribution < 1.29 is 9.00 Å². The molecule has 0 aliphatic rings. The Kier molecular flexibility index (Phi) is 4.69. The van der Waals surface area contributed by atoms with E-state index >= 15 is 0 Å². The molecule has 0 aliphatic carbocycles. The highest BCUT2D eigenvalue weighted by Crippen LogP contribution is 2.09. The maximum atomic E-state index is 11.7. The van der Waals surface area contributed by atoms with Gasteiger partial charge in [0, 0.05) is 17.1 Å². The quantitative estimate of drug-likeness (QED) is 0.770. The van der Waals surface area contributed by atoms with Gasteiger partial charge in [-0.3, -0.25) is 4.21 Å². The second kappa shape index (κ2) is 5.81. The molecule has 0 fully saturated rings. The van der Waals surface area contributed by atoms with Crippen LogP contribution in [0.25, 0.3) is 0 Å². The molecular formula is C12H16O2S. The Hall–Kier alpha value is -0.960. The molecular weight excluding hydrogens is 208 g/mol. The van der Waals surface area contributed by atoms with E-state index in [4.69, 9.17) is 0 Å². The molecule has 1 atom stereocenters. The number of carbonyl (C=O) groups excluding carboxylic acids is 1. The number of hydrogen-bond donors (Lipinski definition) is 0. The Labute approximate surface area is 93.2 Å².